The third-order valence-corrected chi connectivity index (χ3v) is 5.60. The van der Waals surface area contributed by atoms with Gasteiger partial charge in [0.25, 0.3) is 0 Å². The Hall–Kier alpha value is -1.76. The lowest BCUT2D eigenvalue weighted by molar-refractivity contribution is -0.116. The monoisotopic (exact) mass is 400 g/mol. The molecule has 134 valence electrons. The van der Waals surface area contributed by atoms with E-state index in [2.05, 4.69) is 5.32 Å². The van der Waals surface area contributed by atoms with Crippen LogP contribution in [0.2, 0.25) is 10.0 Å². The molecule has 2 rings (SSSR count). The third-order valence-electron chi connectivity index (χ3n) is 3.70. The second-order valence-corrected chi connectivity index (χ2v) is 8.32. The SMILES string of the molecule is Cc1c(Cl)cccc1NC(=O)[C@@H](C)N(c1ccc(Cl)cc1)S(C)(=O)=O. The van der Waals surface area contributed by atoms with Gasteiger partial charge in [-0.25, -0.2) is 8.42 Å². The zero-order valence-electron chi connectivity index (χ0n) is 14.0. The van der Waals surface area contributed by atoms with Gasteiger partial charge in [-0.1, -0.05) is 29.3 Å². The molecule has 0 saturated carbocycles. The molecule has 0 unspecified atom stereocenters. The Balaban J connectivity index is 2.33. The molecule has 2 aromatic rings. The highest BCUT2D eigenvalue weighted by Gasteiger charge is 2.29. The molecular formula is C17H18Cl2N2O3S. The first-order valence-corrected chi connectivity index (χ1v) is 10.0. The molecule has 0 radical (unpaired) electrons. The molecule has 0 saturated heterocycles. The summed E-state index contributed by atoms with van der Waals surface area (Å²) in [7, 11) is -3.68. The van der Waals surface area contributed by atoms with Crippen molar-refractivity contribution >= 4 is 50.5 Å². The van der Waals surface area contributed by atoms with Gasteiger partial charge in [0.2, 0.25) is 15.9 Å². The van der Waals surface area contributed by atoms with Gasteiger partial charge in [0.05, 0.1) is 11.9 Å². The van der Waals surface area contributed by atoms with E-state index in [4.69, 9.17) is 23.2 Å². The quantitative estimate of drug-likeness (QED) is 0.821. The molecule has 2 aromatic carbocycles. The number of hydrogen-bond donors (Lipinski definition) is 1. The lowest BCUT2D eigenvalue weighted by Crippen LogP contribution is -2.45. The summed E-state index contributed by atoms with van der Waals surface area (Å²) >= 11 is 11.9. The van der Waals surface area contributed by atoms with Gasteiger partial charge in [0.1, 0.15) is 6.04 Å². The molecule has 0 fully saturated rings. The number of benzene rings is 2. The smallest absolute Gasteiger partial charge is 0.248 e. The van der Waals surface area contributed by atoms with E-state index in [1.54, 1.807) is 49.4 Å². The van der Waals surface area contributed by atoms with Crippen molar-refractivity contribution in [2.45, 2.75) is 19.9 Å². The topological polar surface area (TPSA) is 66.5 Å². The number of carbonyl (C=O) groups excluding carboxylic acids is 1. The van der Waals surface area contributed by atoms with E-state index < -0.39 is 22.0 Å². The largest absolute Gasteiger partial charge is 0.324 e. The predicted molar refractivity (Wildman–Crippen MR) is 103 cm³/mol. The van der Waals surface area contributed by atoms with Crippen molar-refractivity contribution in [1.82, 2.24) is 0 Å². The lowest BCUT2D eigenvalue weighted by atomic mass is 10.2. The van der Waals surface area contributed by atoms with Crippen LogP contribution in [0.4, 0.5) is 11.4 Å². The molecule has 0 aliphatic heterocycles. The highest BCUT2D eigenvalue weighted by atomic mass is 35.5. The number of carbonyl (C=O) groups is 1. The van der Waals surface area contributed by atoms with Crippen LogP contribution < -0.4 is 9.62 Å². The Bertz CT molecular complexity index is 883. The summed E-state index contributed by atoms with van der Waals surface area (Å²) < 4.78 is 25.5. The fourth-order valence-electron chi connectivity index (χ4n) is 2.38. The van der Waals surface area contributed by atoms with Crippen molar-refractivity contribution < 1.29 is 13.2 Å². The summed E-state index contributed by atoms with van der Waals surface area (Å²) in [6, 6.07) is 10.4. The summed E-state index contributed by atoms with van der Waals surface area (Å²) in [6.45, 7) is 3.29. The van der Waals surface area contributed by atoms with Gasteiger partial charge in [0, 0.05) is 15.7 Å². The van der Waals surface area contributed by atoms with Crippen LogP contribution in [-0.4, -0.2) is 26.6 Å². The van der Waals surface area contributed by atoms with Gasteiger partial charge in [-0.3, -0.25) is 9.10 Å². The van der Waals surface area contributed by atoms with Gasteiger partial charge in [-0.15, -0.1) is 0 Å². The maximum Gasteiger partial charge on any atom is 0.248 e. The molecule has 0 heterocycles. The number of halogens is 2. The van der Waals surface area contributed by atoms with E-state index in [0.29, 0.717) is 27.0 Å². The van der Waals surface area contributed by atoms with Gasteiger partial charge < -0.3 is 5.32 Å². The minimum absolute atomic E-state index is 0.359. The first-order valence-electron chi connectivity index (χ1n) is 7.42. The maximum atomic E-state index is 12.6. The van der Waals surface area contributed by atoms with Crippen LogP contribution in [0, 0.1) is 6.92 Å². The van der Waals surface area contributed by atoms with Crippen molar-refractivity contribution in [1.29, 1.82) is 0 Å². The van der Waals surface area contributed by atoms with Gasteiger partial charge in [0.15, 0.2) is 0 Å². The Morgan fingerprint density at radius 1 is 1.12 bits per heavy atom. The summed E-state index contributed by atoms with van der Waals surface area (Å²) in [5.74, 6) is -0.467. The molecule has 1 amide bonds. The molecule has 8 heteroatoms. The average molecular weight is 401 g/mol. The van der Waals surface area contributed by atoms with Crippen molar-refractivity contribution in [2.24, 2.45) is 0 Å². The Labute approximate surface area is 157 Å². The van der Waals surface area contributed by atoms with Crippen LogP contribution in [0.15, 0.2) is 42.5 Å². The summed E-state index contributed by atoms with van der Waals surface area (Å²) in [6.07, 6.45) is 1.05. The first kappa shape index (κ1) is 19.6. The Morgan fingerprint density at radius 2 is 1.72 bits per heavy atom. The van der Waals surface area contributed by atoms with Crippen LogP contribution >= 0.6 is 23.2 Å². The van der Waals surface area contributed by atoms with E-state index in [0.717, 1.165) is 10.6 Å². The van der Waals surface area contributed by atoms with E-state index in [9.17, 15) is 13.2 Å². The molecule has 1 atom stereocenters. The Morgan fingerprint density at radius 3 is 2.28 bits per heavy atom. The molecule has 0 aromatic heterocycles. The average Bonchev–Trinajstić information content (AvgIpc) is 2.52. The third kappa shape index (κ3) is 4.66. The molecule has 1 N–H and O–H groups in total. The highest BCUT2D eigenvalue weighted by molar-refractivity contribution is 7.92. The number of sulfonamides is 1. The number of amides is 1. The number of anilines is 2. The summed E-state index contributed by atoms with van der Waals surface area (Å²) in [4.78, 5) is 12.6. The molecule has 0 bridgehead atoms. The van der Waals surface area contributed by atoms with E-state index >= 15 is 0 Å². The summed E-state index contributed by atoms with van der Waals surface area (Å²) in [5, 5.41) is 3.72. The van der Waals surface area contributed by atoms with Crippen molar-refractivity contribution in [3.63, 3.8) is 0 Å². The molecule has 5 nitrogen and oxygen atoms in total. The number of nitrogens with zero attached hydrogens (tertiary/aromatic N) is 1. The minimum Gasteiger partial charge on any atom is -0.324 e. The van der Waals surface area contributed by atoms with Crippen LogP contribution in [-0.2, 0) is 14.8 Å². The van der Waals surface area contributed by atoms with Crippen molar-refractivity contribution in [2.75, 3.05) is 15.9 Å². The van der Waals surface area contributed by atoms with Gasteiger partial charge >= 0.3 is 0 Å². The zero-order chi connectivity index (χ0) is 18.8. The maximum absolute atomic E-state index is 12.6. The first-order chi connectivity index (χ1) is 11.6. The number of hydrogen-bond acceptors (Lipinski definition) is 3. The number of nitrogens with one attached hydrogen (secondary N) is 1. The zero-order valence-corrected chi connectivity index (χ0v) is 16.3. The van der Waals surface area contributed by atoms with Gasteiger partial charge in [-0.2, -0.15) is 0 Å². The van der Waals surface area contributed by atoms with Crippen molar-refractivity contribution in [3.05, 3.63) is 58.1 Å². The molecule has 0 aliphatic carbocycles. The van der Waals surface area contributed by atoms with Crippen LogP contribution in [0.25, 0.3) is 0 Å². The lowest BCUT2D eigenvalue weighted by Gasteiger charge is -2.28. The molecule has 25 heavy (non-hydrogen) atoms. The predicted octanol–water partition coefficient (Wildman–Crippen LogP) is 4.10. The number of rotatable bonds is 5. The normalized spacial score (nSPS) is 12.5. The summed E-state index contributed by atoms with van der Waals surface area (Å²) in [5.41, 5.74) is 1.60. The Kier molecular flexibility index (Phi) is 5.98. The van der Waals surface area contributed by atoms with Crippen LogP contribution in [0.5, 0.6) is 0 Å². The molecule has 0 aliphatic rings. The second kappa shape index (κ2) is 7.64. The van der Waals surface area contributed by atoms with Gasteiger partial charge in [-0.05, 0) is 55.8 Å². The van der Waals surface area contributed by atoms with E-state index in [-0.39, 0.29) is 0 Å². The molecular weight excluding hydrogens is 383 g/mol. The van der Waals surface area contributed by atoms with E-state index in [1.807, 2.05) is 0 Å². The van der Waals surface area contributed by atoms with Crippen molar-refractivity contribution in [3.8, 4) is 0 Å². The highest BCUT2D eigenvalue weighted by Crippen LogP contribution is 2.26. The van der Waals surface area contributed by atoms with Crippen LogP contribution in [0.1, 0.15) is 12.5 Å². The fourth-order valence-corrected chi connectivity index (χ4v) is 3.85. The van der Waals surface area contributed by atoms with E-state index in [1.165, 1.54) is 6.92 Å². The minimum atomic E-state index is -3.68. The fraction of sp³-hybridized carbons (Fsp3) is 0.235. The standard InChI is InChI=1S/C17H18Cl2N2O3S/c1-11-15(19)5-4-6-16(11)20-17(22)12(2)21(25(3,23)24)14-9-7-13(18)8-10-14/h4-10,12H,1-3H3,(H,20,22)/t12-/m1/s1. The van der Waals surface area contributed by atoms with Crippen LogP contribution in [0.3, 0.4) is 0 Å². The second-order valence-electron chi connectivity index (χ2n) is 5.61. The molecule has 0 spiro atoms.